The second-order valence-electron chi connectivity index (χ2n) is 4.58. The fourth-order valence-electron chi connectivity index (χ4n) is 2.21. The van der Waals surface area contributed by atoms with Gasteiger partial charge in [0, 0.05) is 12.3 Å². The summed E-state index contributed by atoms with van der Waals surface area (Å²) in [5, 5.41) is 7.47. The van der Waals surface area contributed by atoms with E-state index in [2.05, 4.69) is 17.1 Å². The quantitative estimate of drug-likeness (QED) is 0.776. The van der Waals surface area contributed by atoms with E-state index in [4.69, 9.17) is 4.84 Å². The highest BCUT2D eigenvalue weighted by Gasteiger charge is 2.21. The van der Waals surface area contributed by atoms with Crippen LogP contribution in [0, 0.1) is 5.92 Å². The standard InChI is InChI=1S/C14H19FN2O/c1-11-3-2-4-13(15)7-10-18-17-14(11)12-5-8-16-9-6-12/h2-3,7,12,16H,1,4-6,8-10H2/b3-2-,13-7+,17-14+. The molecular weight excluding hydrogens is 231 g/mol. The van der Waals surface area contributed by atoms with Crippen molar-refractivity contribution in [1.29, 1.82) is 0 Å². The SMILES string of the molecule is C=C1/C=C\C/C(F)=C\CO/N=C\1C1CCNCC1. The molecule has 1 fully saturated rings. The first-order valence-electron chi connectivity index (χ1n) is 6.38. The lowest BCUT2D eigenvalue weighted by molar-refractivity contribution is 0.170. The number of allylic oxidation sites excluding steroid dienone is 4. The fourth-order valence-corrected chi connectivity index (χ4v) is 2.21. The number of oxime groups is 1. The Morgan fingerprint density at radius 1 is 1.39 bits per heavy atom. The van der Waals surface area contributed by atoms with E-state index in [1.54, 1.807) is 6.08 Å². The van der Waals surface area contributed by atoms with Gasteiger partial charge in [0.1, 0.15) is 12.4 Å². The van der Waals surface area contributed by atoms with Gasteiger partial charge >= 0.3 is 0 Å². The summed E-state index contributed by atoms with van der Waals surface area (Å²) in [5.41, 5.74) is 1.74. The molecule has 0 amide bonds. The van der Waals surface area contributed by atoms with Crippen molar-refractivity contribution >= 4 is 5.71 Å². The molecule has 2 aliphatic heterocycles. The number of piperidine rings is 1. The molecule has 1 saturated heterocycles. The summed E-state index contributed by atoms with van der Waals surface area (Å²) in [6.07, 6.45) is 7.42. The third-order valence-electron chi connectivity index (χ3n) is 3.23. The van der Waals surface area contributed by atoms with E-state index in [-0.39, 0.29) is 12.4 Å². The van der Waals surface area contributed by atoms with Gasteiger partial charge in [-0.1, -0.05) is 23.9 Å². The maximum Gasteiger partial charge on any atom is 0.138 e. The van der Waals surface area contributed by atoms with E-state index in [0.717, 1.165) is 37.2 Å². The first-order chi connectivity index (χ1) is 8.77. The average Bonchev–Trinajstić information content (AvgIpc) is 2.39. The molecule has 0 unspecified atom stereocenters. The van der Waals surface area contributed by atoms with Crippen molar-refractivity contribution in [3.05, 3.63) is 36.2 Å². The van der Waals surface area contributed by atoms with Crippen LogP contribution in [0.3, 0.4) is 0 Å². The predicted octanol–water partition coefficient (Wildman–Crippen LogP) is 2.73. The Morgan fingerprint density at radius 2 is 2.17 bits per heavy atom. The molecule has 0 radical (unpaired) electrons. The van der Waals surface area contributed by atoms with Gasteiger partial charge in [0.2, 0.25) is 0 Å². The Balaban J connectivity index is 2.13. The molecular formula is C14H19FN2O. The van der Waals surface area contributed by atoms with Crippen molar-refractivity contribution < 1.29 is 9.23 Å². The number of hydrogen-bond acceptors (Lipinski definition) is 3. The van der Waals surface area contributed by atoms with E-state index < -0.39 is 0 Å². The molecule has 2 heterocycles. The van der Waals surface area contributed by atoms with Crippen molar-refractivity contribution in [1.82, 2.24) is 5.32 Å². The van der Waals surface area contributed by atoms with Crippen LogP contribution in [0.15, 0.2) is 41.4 Å². The molecule has 2 aliphatic rings. The molecule has 98 valence electrons. The Labute approximate surface area is 107 Å². The first-order valence-corrected chi connectivity index (χ1v) is 6.38. The van der Waals surface area contributed by atoms with Crippen LogP contribution in [0.2, 0.25) is 0 Å². The van der Waals surface area contributed by atoms with Gasteiger partial charge in [-0.2, -0.15) is 0 Å². The summed E-state index contributed by atoms with van der Waals surface area (Å²) in [6.45, 7) is 6.18. The van der Waals surface area contributed by atoms with Crippen molar-refractivity contribution in [2.24, 2.45) is 11.1 Å². The molecule has 18 heavy (non-hydrogen) atoms. The lowest BCUT2D eigenvalue weighted by Gasteiger charge is -2.24. The lowest BCUT2D eigenvalue weighted by atomic mass is 9.89. The molecule has 0 aromatic heterocycles. The second kappa shape index (κ2) is 6.50. The summed E-state index contributed by atoms with van der Waals surface area (Å²) in [7, 11) is 0. The molecule has 4 heteroatoms. The van der Waals surface area contributed by atoms with E-state index in [1.165, 1.54) is 6.08 Å². The number of nitrogens with zero attached hydrogens (tertiary/aromatic N) is 1. The van der Waals surface area contributed by atoms with E-state index in [0.29, 0.717) is 12.3 Å². The van der Waals surface area contributed by atoms with Crippen LogP contribution in [0.1, 0.15) is 19.3 Å². The smallest absolute Gasteiger partial charge is 0.138 e. The maximum atomic E-state index is 13.2. The van der Waals surface area contributed by atoms with E-state index in [9.17, 15) is 4.39 Å². The van der Waals surface area contributed by atoms with Crippen molar-refractivity contribution in [2.45, 2.75) is 19.3 Å². The topological polar surface area (TPSA) is 33.6 Å². The van der Waals surface area contributed by atoms with Gasteiger partial charge < -0.3 is 10.2 Å². The Bertz CT molecular complexity index is 393. The van der Waals surface area contributed by atoms with Crippen molar-refractivity contribution in [3.63, 3.8) is 0 Å². The van der Waals surface area contributed by atoms with E-state index >= 15 is 0 Å². The fraction of sp³-hybridized carbons (Fsp3) is 0.500. The van der Waals surface area contributed by atoms with Crippen LogP contribution in [0.4, 0.5) is 4.39 Å². The molecule has 0 bridgehead atoms. The van der Waals surface area contributed by atoms with Crippen LogP contribution in [-0.4, -0.2) is 25.4 Å². The number of rotatable bonds is 1. The number of halogens is 1. The van der Waals surface area contributed by atoms with Crippen molar-refractivity contribution in [2.75, 3.05) is 19.7 Å². The zero-order valence-corrected chi connectivity index (χ0v) is 10.5. The van der Waals surface area contributed by atoms with Gasteiger partial charge in [-0.15, -0.1) is 0 Å². The minimum Gasteiger partial charge on any atom is -0.391 e. The second-order valence-corrected chi connectivity index (χ2v) is 4.58. The van der Waals surface area contributed by atoms with Gasteiger partial charge in [0.15, 0.2) is 0 Å². The predicted molar refractivity (Wildman–Crippen MR) is 71.1 cm³/mol. The Kier molecular flexibility index (Phi) is 4.70. The Hall–Kier alpha value is -1.42. The molecule has 0 aliphatic carbocycles. The minimum atomic E-state index is -0.195. The summed E-state index contributed by atoms with van der Waals surface area (Å²) < 4.78 is 13.2. The van der Waals surface area contributed by atoms with Crippen LogP contribution >= 0.6 is 0 Å². The molecule has 0 aromatic carbocycles. The van der Waals surface area contributed by atoms with Crippen LogP contribution in [0.5, 0.6) is 0 Å². The molecule has 0 atom stereocenters. The summed E-state index contributed by atoms with van der Waals surface area (Å²) in [6, 6.07) is 0. The number of nitrogens with one attached hydrogen (secondary N) is 1. The third kappa shape index (κ3) is 3.53. The van der Waals surface area contributed by atoms with Crippen LogP contribution in [0.25, 0.3) is 0 Å². The first kappa shape index (κ1) is 13.0. The highest BCUT2D eigenvalue weighted by atomic mass is 19.1. The molecule has 3 nitrogen and oxygen atoms in total. The molecule has 2 rings (SSSR count). The molecule has 1 N–H and O–H groups in total. The monoisotopic (exact) mass is 250 g/mol. The van der Waals surface area contributed by atoms with Gasteiger partial charge in [-0.25, -0.2) is 4.39 Å². The molecule has 0 aromatic rings. The normalized spacial score (nSPS) is 30.6. The van der Waals surface area contributed by atoms with E-state index in [1.807, 2.05) is 6.08 Å². The average molecular weight is 250 g/mol. The van der Waals surface area contributed by atoms with Gasteiger partial charge in [0.25, 0.3) is 0 Å². The minimum absolute atomic E-state index is 0.182. The zero-order valence-electron chi connectivity index (χ0n) is 10.5. The Morgan fingerprint density at radius 3 is 2.94 bits per heavy atom. The zero-order chi connectivity index (χ0) is 12.8. The van der Waals surface area contributed by atoms with Crippen LogP contribution in [-0.2, 0) is 4.84 Å². The van der Waals surface area contributed by atoms with Gasteiger partial charge in [-0.3, -0.25) is 0 Å². The molecule has 0 saturated carbocycles. The highest BCUT2D eigenvalue weighted by Crippen LogP contribution is 2.20. The summed E-state index contributed by atoms with van der Waals surface area (Å²) in [4.78, 5) is 5.17. The largest absolute Gasteiger partial charge is 0.391 e. The molecule has 0 spiro atoms. The van der Waals surface area contributed by atoms with Gasteiger partial charge in [-0.05, 0) is 37.6 Å². The van der Waals surface area contributed by atoms with Gasteiger partial charge in [0.05, 0.1) is 5.71 Å². The number of hydrogen-bond donors (Lipinski definition) is 1. The highest BCUT2D eigenvalue weighted by molar-refractivity contribution is 6.03. The summed E-state index contributed by atoms with van der Waals surface area (Å²) in [5.74, 6) is 0.191. The summed E-state index contributed by atoms with van der Waals surface area (Å²) >= 11 is 0. The lowest BCUT2D eigenvalue weighted by Crippen LogP contribution is -2.32. The van der Waals surface area contributed by atoms with Crippen LogP contribution < -0.4 is 5.32 Å². The third-order valence-corrected chi connectivity index (χ3v) is 3.23. The van der Waals surface area contributed by atoms with Crippen molar-refractivity contribution in [3.8, 4) is 0 Å². The maximum absolute atomic E-state index is 13.2.